The summed E-state index contributed by atoms with van der Waals surface area (Å²) in [5.41, 5.74) is 0. The second-order valence-corrected chi connectivity index (χ2v) is 5.96. The number of piperidine rings is 1. The second kappa shape index (κ2) is 6.02. The Morgan fingerprint density at radius 2 is 2.12 bits per heavy atom. The zero-order valence-electron chi connectivity index (χ0n) is 11.0. The third kappa shape index (κ3) is 4.06. The minimum absolute atomic E-state index is 0.795. The van der Waals surface area contributed by atoms with E-state index in [1.165, 1.54) is 58.2 Å². The van der Waals surface area contributed by atoms with Gasteiger partial charge in [0.2, 0.25) is 0 Å². The number of hydrogen-bond acceptors (Lipinski definition) is 2. The highest BCUT2D eigenvalue weighted by molar-refractivity contribution is 4.81. The molecule has 2 nitrogen and oxygen atoms in total. The minimum atomic E-state index is 0.795. The molecule has 1 saturated heterocycles. The predicted octanol–water partition coefficient (Wildman–Crippen LogP) is 2.64. The molecule has 2 rings (SSSR count). The topological polar surface area (TPSA) is 15.3 Å². The lowest BCUT2D eigenvalue weighted by Gasteiger charge is -2.35. The molecule has 2 unspecified atom stereocenters. The van der Waals surface area contributed by atoms with Crippen molar-refractivity contribution in [1.82, 2.24) is 10.2 Å². The van der Waals surface area contributed by atoms with Crippen molar-refractivity contribution in [1.29, 1.82) is 0 Å². The van der Waals surface area contributed by atoms with E-state index < -0.39 is 0 Å². The van der Waals surface area contributed by atoms with Crippen molar-refractivity contribution in [3.8, 4) is 0 Å². The number of rotatable bonds is 6. The van der Waals surface area contributed by atoms with E-state index in [9.17, 15) is 0 Å². The summed E-state index contributed by atoms with van der Waals surface area (Å²) in [4.78, 5) is 2.70. The standard InChI is InChI=1S/C14H28N2/c1-12-5-4-10-16(11-12)13(2)6-3-9-15-14-7-8-14/h12-15H,3-11H2,1-2H3. The summed E-state index contributed by atoms with van der Waals surface area (Å²) in [6, 6.07) is 1.68. The van der Waals surface area contributed by atoms with Crippen LogP contribution in [0.4, 0.5) is 0 Å². The fraction of sp³-hybridized carbons (Fsp3) is 1.00. The highest BCUT2D eigenvalue weighted by Gasteiger charge is 2.22. The van der Waals surface area contributed by atoms with E-state index in [0.29, 0.717) is 0 Å². The van der Waals surface area contributed by atoms with Crippen LogP contribution in [0.15, 0.2) is 0 Å². The van der Waals surface area contributed by atoms with Crippen LogP contribution in [-0.4, -0.2) is 36.6 Å². The van der Waals surface area contributed by atoms with E-state index in [1.807, 2.05) is 0 Å². The number of likely N-dealkylation sites (tertiary alicyclic amines) is 1. The molecule has 2 heteroatoms. The van der Waals surface area contributed by atoms with Crippen molar-refractivity contribution >= 4 is 0 Å². The molecule has 0 spiro atoms. The van der Waals surface area contributed by atoms with Crippen LogP contribution in [0, 0.1) is 5.92 Å². The van der Waals surface area contributed by atoms with Crippen LogP contribution in [0.1, 0.15) is 52.4 Å². The molecule has 1 aliphatic heterocycles. The molecule has 94 valence electrons. The first-order valence-corrected chi connectivity index (χ1v) is 7.23. The summed E-state index contributed by atoms with van der Waals surface area (Å²) in [5, 5.41) is 3.61. The first-order valence-electron chi connectivity index (χ1n) is 7.23. The summed E-state index contributed by atoms with van der Waals surface area (Å²) in [5.74, 6) is 0.917. The van der Waals surface area contributed by atoms with Crippen LogP contribution in [-0.2, 0) is 0 Å². The molecule has 1 saturated carbocycles. The Morgan fingerprint density at radius 1 is 1.31 bits per heavy atom. The molecule has 1 heterocycles. The van der Waals surface area contributed by atoms with Crippen LogP contribution in [0.5, 0.6) is 0 Å². The van der Waals surface area contributed by atoms with Crippen LogP contribution >= 0.6 is 0 Å². The van der Waals surface area contributed by atoms with E-state index in [0.717, 1.165) is 18.0 Å². The summed E-state index contributed by atoms with van der Waals surface area (Å²) < 4.78 is 0. The molecular weight excluding hydrogens is 196 g/mol. The normalized spacial score (nSPS) is 29.2. The smallest absolute Gasteiger partial charge is 0.00682 e. The quantitative estimate of drug-likeness (QED) is 0.698. The van der Waals surface area contributed by atoms with Crippen LogP contribution in [0.2, 0.25) is 0 Å². The number of nitrogens with one attached hydrogen (secondary N) is 1. The molecule has 2 fully saturated rings. The molecular formula is C14H28N2. The first kappa shape index (κ1) is 12.4. The number of hydrogen-bond donors (Lipinski definition) is 1. The SMILES string of the molecule is CC1CCCN(C(C)CCCNC2CC2)C1. The average Bonchev–Trinajstić information content (AvgIpc) is 3.08. The molecule has 2 aliphatic rings. The van der Waals surface area contributed by atoms with Gasteiger partial charge < -0.3 is 10.2 Å². The van der Waals surface area contributed by atoms with Gasteiger partial charge in [0.05, 0.1) is 0 Å². The lowest BCUT2D eigenvalue weighted by molar-refractivity contribution is 0.131. The minimum Gasteiger partial charge on any atom is -0.314 e. The monoisotopic (exact) mass is 224 g/mol. The highest BCUT2D eigenvalue weighted by atomic mass is 15.2. The predicted molar refractivity (Wildman–Crippen MR) is 69.7 cm³/mol. The van der Waals surface area contributed by atoms with Crippen molar-refractivity contribution in [2.24, 2.45) is 5.92 Å². The van der Waals surface area contributed by atoms with Crippen LogP contribution in [0.3, 0.4) is 0 Å². The first-order chi connectivity index (χ1) is 7.75. The Kier molecular flexibility index (Phi) is 4.66. The summed E-state index contributed by atoms with van der Waals surface area (Å²) in [7, 11) is 0. The Balaban J connectivity index is 1.56. The van der Waals surface area contributed by atoms with E-state index in [2.05, 4.69) is 24.1 Å². The molecule has 1 N–H and O–H groups in total. The Bertz CT molecular complexity index is 201. The third-order valence-corrected chi connectivity index (χ3v) is 4.12. The van der Waals surface area contributed by atoms with Gasteiger partial charge in [-0.15, -0.1) is 0 Å². The summed E-state index contributed by atoms with van der Waals surface area (Å²) in [6.07, 6.45) is 8.39. The fourth-order valence-electron chi connectivity index (χ4n) is 2.80. The fourth-order valence-corrected chi connectivity index (χ4v) is 2.80. The van der Waals surface area contributed by atoms with Crippen molar-refractivity contribution < 1.29 is 0 Å². The lowest BCUT2D eigenvalue weighted by Crippen LogP contribution is -2.40. The van der Waals surface area contributed by atoms with Crippen molar-refractivity contribution in [3.63, 3.8) is 0 Å². The van der Waals surface area contributed by atoms with E-state index >= 15 is 0 Å². The molecule has 16 heavy (non-hydrogen) atoms. The van der Waals surface area contributed by atoms with Gasteiger partial charge >= 0.3 is 0 Å². The van der Waals surface area contributed by atoms with Crippen molar-refractivity contribution in [3.05, 3.63) is 0 Å². The van der Waals surface area contributed by atoms with Gasteiger partial charge in [0.1, 0.15) is 0 Å². The average molecular weight is 224 g/mol. The molecule has 2 atom stereocenters. The molecule has 0 aromatic rings. The van der Waals surface area contributed by atoms with Gasteiger partial charge in [-0.2, -0.15) is 0 Å². The molecule has 1 aliphatic carbocycles. The molecule has 0 amide bonds. The Morgan fingerprint density at radius 3 is 2.81 bits per heavy atom. The molecule has 0 aromatic heterocycles. The van der Waals surface area contributed by atoms with Gasteiger partial charge in [0.25, 0.3) is 0 Å². The Hall–Kier alpha value is -0.0800. The maximum Gasteiger partial charge on any atom is 0.00682 e. The van der Waals surface area contributed by atoms with Crippen LogP contribution < -0.4 is 5.32 Å². The summed E-state index contributed by atoms with van der Waals surface area (Å²) >= 11 is 0. The van der Waals surface area contributed by atoms with E-state index in [-0.39, 0.29) is 0 Å². The molecule has 0 radical (unpaired) electrons. The van der Waals surface area contributed by atoms with E-state index in [4.69, 9.17) is 0 Å². The Labute approximate surface area is 101 Å². The highest BCUT2D eigenvalue weighted by Crippen LogP contribution is 2.20. The maximum absolute atomic E-state index is 3.61. The number of nitrogens with zero attached hydrogens (tertiary/aromatic N) is 1. The van der Waals surface area contributed by atoms with Crippen molar-refractivity contribution in [2.75, 3.05) is 19.6 Å². The second-order valence-electron chi connectivity index (χ2n) is 5.96. The van der Waals surface area contributed by atoms with Crippen LogP contribution in [0.25, 0.3) is 0 Å². The van der Waals surface area contributed by atoms with Gasteiger partial charge in [0, 0.05) is 18.6 Å². The van der Waals surface area contributed by atoms with E-state index in [1.54, 1.807) is 0 Å². The van der Waals surface area contributed by atoms with Gasteiger partial charge in [-0.25, -0.2) is 0 Å². The van der Waals surface area contributed by atoms with Gasteiger partial charge in [-0.1, -0.05) is 6.92 Å². The molecule has 0 bridgehead atoms. The summed E-state index contributed by atoms with van der Waals surface area (Å²) in [6.45, 7) is 8.71. The van der Waals surface area contributed by atoms with Gasteiger partial charge in [-0.05, 0) is 64.5 Å². The van der Waals surface area contributed by atoms with Crippen molar-refractivity contribution in [2.45, 2.75) is 64.5 Å². The third-order valence-electron chi connectivity index (χ3n) is 4.12. The zero-order valence-corrected chi connectivity index (χ0v) is 11.0. The lowest BCUT2D eigenvalue weighted by atomic mass is 9.98. The largest absolute Gasteiger partial charge is 0.314 e. The maximum atomic E-state index is 3.61. The van der Waals surface area contributed by atoms with Gasteiger partial charge in [0.15, 0.2) is 0 Å². The molecule has 0 aromatic carbocycles. The van der Waals surface area contributed by atoms with Gasteiger partial charge in [-0.3, -0.25) is 0 Å². The zero-order chi connectivity index (χ0) is 11.4.